The van der Waals surface area contributed by atoms with E-state index in [-0.39, 0.29) is 29.4 Å². The molecule has 2 aromatic rings. The smallest absolute Gasteiger partial charge is 0.343 e. The van der Waals surface area contributed by atoms with E-state index in [1.165, 1.54) is 11.1 Å². The molecule has 0 spiro atoms. The molecule has 0 N–H and O–H groups in total. The molecular formula is C29H34O4. The summed E-state index contributed by atoms with van der Waals surface area (Å²) in [4.78, 5) is 24.8. The van der Waals surface area contributed by atoms with Gasteiger partial charge in [-0.1, -0.05) is 45.0 Å². The summed E-state index contributed by atoms with van der Waals surface area (Å²) >= 11 is 0. The molecule has 0 aromatic heterocycles. The number of esters is 2. The van der Waals surface area contributed by atoms with Gasteiger partial charge in [0, 0.05) is 5.41 Å². The van der Waals surface area contributed by atoms with E-state index in [4.69, 9.17) is 9.47 Å². The number of fused-ring (bicyclic) bond motifs is 5. The zero-order valence-corrected chi connectivity index (χ0v) is 19.9. The van der Waals surface area contributed by atoms with Crippen LogP contribution in [-0.2, 0) is 16.0 Å². The van der Waals surface area contributed by atoms with Gasteiger partial charge < -0.3 is 9.47 Å². The van der Waals surface area contributed by atoms with E-state index < -0.39 is 0 Å². The van der Waals surface area contributed by atoms with Crippen molar-refractivity contribution in [2.45, 2.75) is 71.3 Å². The molecule has 3 aliphatic carbocycles. The third-order valence-electron chi connectivity index (χ3n) is 8.56. The fourth-order valence-electron chi connectivity index (χ4n) is 6.78. The third kappa shape index (κ3) is 3.98. The minimum Gasteiger partial charge on any atom is -0.462 e. The lowest BCUT2D eigenvalue weighted by atomic mass is 9.55. The lowest BCUT2D eigenvalue weighted by molar-refractivity contribution is -0.161. The zero-order valence-electron chi connectivity index (χ0n) is 19.9. The topological polar surface area (TPSA) is 52.6 Å². The summed E-state index contributed by atoms with van der Waals surface area (Å²) in [6, 6.07) is 15.3. The molecule has 33 heavy (non-hydrogen) atoms. The van der Waals surface area contributed by atoms with Crippen molar-refractivity contribution in [2.75, 3.05) is 0 Å². The van der Waals surface area contributed by atoms with E-state index in [2.05, 4.69) is 19.1 Å². The molecule has 2 saturated carbocycles. The van der Waals surface area contributed by atoms with Crippen LogP contribution in [0.15, 0.2) is 48.5 Å². The van der Waals surface area contributed by atoms with Crippen LogP contribution in [0, 0.1) is 23.2 Å². The Morgan fingerprint density at radius 3 is 2.55 bits per heavy atom. The highest BCUT2D eigenvalue weighted by Crippen LogP contribution is 2.61. The molecule has 0 heterocycles. The van der Waals surface area contributed by atoms with Crippen molar-refractivity contribution in [3.05, 3.63) is 65.2 Å². The minimum absolute atomic E-state index is 0.0551. The van der Waals surface area contributed by atoms with E-state index in [1.54, 1.807) is 12.1 Å². The van der Waals surface area contributed by atoms with E-state index >= 15 is 0 Å². The van der Waals surface area contributed by atoms with Crippen molar-refractivity contribution in [2.24, 2.45) is 23.2 Å². The number of hydrogen-bond acceptors (Lipinski definition) is 4. The van der Waals surface area contributed by atoms with Gasteiger partial charge in [0.1, 0.15) is 11.9 Å². The number of benzene rings is 2. The Labute approximate surface area is 196 Å². The van der Waals surface area contributed by atoms with E-state index in [9.17, 15) is 9.59 Å². The van der Waals surface area contributed by atoms with Crippen molar-refractivity contribution in [3.8, 4) is 5.75 Å². The van der Waals surface area contributed by atoms with Gasteiger partial charge in [0.2, 0.25) is 0 Å². The van der Waals surface area contributed by atoms with E-state index in [0.717, 1.165) is 38.5 Å². The van der Waals surface area contributed by atoms with E-state index in [0.29, 0.717) is 29.1 Å². The second-order valence-electron chi connectivity index (χ2n) is 10.7. The fraction of sp³-hybridized carbons (Fsp3) is 0.517. The van der Waals surface area contributed by atoms with Crippen LogP contribution in [0.3, 0.4) is 0 Å². The average Bonchev–Trinajstić information content (AvgIpc) is 3.15. The number of ether oxygens (including phenoxy) is 2. The second-order valence-corrected chi connectivity index (χ2v) is 10.7. The average molecular weight is 447 g/mol. The van der Waals surface area contributed by atoms with Crippen LogP contribution in [0.5, 0.6) is 5.75 Å². The molecule has 0 amide bonds. The molecule has 0 radical (unpaired) electrons. The zero-order chi connectivity index (χ0) is 23.2. The lowest BCUT2D eigenvalue weighted by Gasteiger charge is -2.50. The maximum atomic E-state index is 12.5. The van der Waals surface area contributed by atoms with E-state index in [1.807, 2.05) is 38.1 Å². The Balaban J connectivity index is 1.32. The van der Waals surface area contributed by atoms with Gasteiger partial charge in [0.15, 0.2) is 0 Å². The van der Waals surface area contributed by atoms with Crippen molar-refractivity contribution in [3.63, 3.8) is 0 Å². The first kappa shape index (κ1) is 22.2. The van der Waals surface area contributed by atoms with Gasteiger partial charge in [-0.05, 0) is 91.7 Å². The van der Waals surface area contributed by atoms with Crippen LogP contribution >= 0.6 is 0 Å². The predicted octanol–water partition coefficient (Wildman–Crippen LogP) is 6.33. The molecule has 5 rings (SSSR count). The Kier molecular flexibility index (Phi) is 5.80. The van der Waals surface area contributed by atoms with Crippen molar-refractivity contribution in [1.29, 1.82) is 0 Å². The predicted molar refractivity (Wildman–Crippen MR) is 127 cm³/mol. The van der Waals surface area contributed by atoms with Crippen molar-refractivity contribution in [1.82, 2.24) is 0 Å². The number of carbonyl (C=O) groups excluding carboxylic acids is 2. The number of rotatable bonds is 4. The normalized spacial score (nSPS) is 30.2. The summed E-state index contributed by atoms with van der Waals surface area (Å²) in [5.41, 5.74) is 3.40. The maximum absolute atomic E-state index is 12.5. The van der Waals surface area contributed by atoms with Gasteiger partial charge in [0.05, 0.1) is 11.5 Å². The first-order valence-electron chi connectivity index (χ1n) is 12.5. The van der Waals surface area contributed by atoms with Gasteiger partial charge in [-0.2, -0.15) is 0 Å². The Morgan fingerprint density at radius 1 is 1.00 bits per heavy atom. The molecule has 174 valence electrons. The van der Waals surface area contributed by atoms with Crippen molar-refractivity contribution < 1.29 is 19.1 Å². The second kappa shape index (κ2) is 8.62. The first-order chi connectivity index (χ1) is 15.9. The Morgan fingerprint density at radius 2 is 1.79 bits per heavy atom. The Hall–Kier alpha value is -2.62. The van der Waals surface area contributed by atoms with Gasteiger partial charge in [-0.25, -0.2) is 4.79 Å². The lowest BCUT2D eigenvalue weighted by Crippen LogP contribution is -2.45. The molecule has 5 atom stereocenters. The molecule has 0 aliphatic heterocycles. The number of hydrogen-bond donors (Lipinski definition) is 0. The van der Waals surface area contributed by atoms with Crippen LogP contribution in [0.2, 0.25) is 0 Å². The number of carbonyl (C=O) groups is 2. The highest BCUT2D eigenvalue weighted by atomic mass is 16.5. The molecule has 3 unspecified atom stereocenters. The van der Waals surface area contributed by atoms with Crippen LogP contribution < -0.4 is 4.74 Å². The van der Waals surface area contributed by atoms with Gasteiger partial charge in [-0.15, -0.1) is 0 Å². The highest BCUT2D eigenvalue weighted by Gasteiger charge is 2.56. The maximum Gasteiger partial charge on any atom is 0.343 e. The van der Waals surface area contributed by atoms with Gasteiger partial charge in [0.25, 0.3) is 0 Å². The largest absolute Gasteiger partial charge is 0.462 e. The molecule has 0 bridgehead atoms. The van der Waals surface area contributed by atoms with Crippen LogP contribution in [0.25, 0.3) is 0 Å². The molecule has 2 fully saturated rings. The van der Waals surface area contributed by atoms with Gasteiger partial charge in [-0.3, -0.25) is 4.79 Å². The summed E-state index contributed by atoms with van der Waals surface area (Å²) in [6.07, 6.45) is 6.58. The Bertz CT molecular complexity index is 1040. The molecular weight excluding hydrogens is 412 g/mol. The monoisotopic (exact) mass is 446 g/mol. The molecule has 4 heteroatoms. The summed E-state index contributed by atoms with van der Waals surface area (Å²) in [5.74, 6) is 1.96. The summed E-state index contributed by atoms with van der Waals surface area (Å²) < 4.78 is 11.7. The standard InChI is InChI=1S/C29H34O4/c1-18(2)27(30)33-26-14-13-25-24-11-9-20-17-21(32-28(31)19-7-5-4-6-8-19)10-12-22(20)23(24)15-16-29(25,26)3/h4-8,10,12,17-18,23-26H,9,11,13-16H2,1-3H3/t23?,24?,25?,26-,29+/m1/s1. The van der Waals surface area contributed by atoms with Gasteiger partial charge >= 0.3 is 11.9 Å². The quantitative estimate of drug-likeness (QED) is 0.407. The third-order valence-corrected chi connectivity index (χ3v) is 8.56. The SMILES string of the molecule is CC(C)C(=O)O[C@@H]1CCC2C3CCc4cc(OC(=O)c5ccccc5)ccc4C3CC[C@@]21C. The summed E-state index contributed by atoms with van der Waals surface area (Å²) in [7, 11) is 0. The fourth-order valence-corrected chi connectivity index (χ4v) is 6.78. The van der Waals surface area contributed by atoms with Crippen LogP contribution in [-0.4, -0.2) is 18.0 Å². The summed E-state index contributed by atoms with van der Waals surface area (Å²) in [5, 5.41) is 0. The summed E-state index contributed by atoms with van der Waals surface area (Å²) in [6.45, 7) is 6.19. The highest BCUT2D eigenvalue weighted by molar-refractivity contribution is 5.91. The first-order valence-corrected chi connectivity index (χ1v) is 12.5. The number of aryl methyl sites for hydroxylation is 1. The molecule has 0 saturated heterocycles. The molecule has 2 aromatic carbocycles. The molecule has 4 nitrogen and oxygen atoms in total. The van der Waals surface area contributed by atoms with Crippen LogP contribution in [0.1, 0.15) is 80.3 Å². The van der Waals surface area contributed by atoms with Crippen molar-refractivity contribution >= 4 is 11.9 Å². The van der Waals surface area contributed by atoms with Crippen LogP contribution in [0.4, 0.5) is 0 Å². The minimum atomic E-state index is -0.314. The molecule has 3 aliphatic rings.